The molecule has 1 aliphatic carbocycles. The van der Waals surface area contributed by atoms with E-state index in [4.69, 9.17) is 15.0 Å². The molecule has 0 fully saturated rings. The summed E-state index contributed by atoms with van der Waals surface area (Å²) in [5.41, 5.74) is 17.4. The van der Waals surface area contributed by atoms with Crippen molar-refractivity contribution in [3.05, 3.63) is 212 Å². The van der Waals surface area contributed by atoms with E-state index in [1.807, 2.05) is 24.3 Å². The minimum absolute atomic E-state index is 0.606. The van der Waals surface area contributed by atoms with Gasteiger partial charge in [-0.1, -0.05) is 194 Å². The molecule has 0 saturated carbocycles. The summed E-state index contributed by atoms with van der Waals surface area (Å²) in [6, 6.07) is 74.0. The number of hydrogen-bond donors (Lipinski definition) is 0. The van der Waals surface area contributed by atoms with Crippen LogP contribution < -0.4 is 0 Å². The minimum atomic E-state index is 0.606. The van der Waals surface area contributed by atoms with Gasteiger partial charge in [0.1, 0.15) is 0 Å². The van der Waals surface area contributed by atoms with E-state index >= 15 is 0 Å². The summed E-state index contributed by atoms with van der Waals surface area (Å²) in [6.45, 7) is 0. The SMILES string of the molecule is N#Cc1ccc(-c2ccc3c4c(ccc(-c5ccc(-c6nc(-c7ccc(-c8ccccc8)cc7)nc(-c7ccc(-c8ccccc8)cc7)n6)cc5)c24)-c2ccccc2-3)cc1. The fraction of sp³-hybridized carbons (Fsp3) is 0. The molecule has 9 aromatic carbocycles. The molecule has 0 unspecified atom stereocenters. The molecule has 0 aliphatic heterocycles. The molecule has 1 heterocycles. The Kier molecular flexibility index (Phi) is 8.50. The molecule has 0 atom stereocenters. The van der Waals surface area contributed by atoms with Gasteiger partial charge in [0.2, 0.25) is 0 Å². The van der Waals surface area contributed by atoms with Crippen molar-refractivity contribution in [3.8, 4) is 107 Å². The third-order valence-corrected chi connectivity index (χ3v) is 11.6. The van der Waals surface area contributed by atoms with Crippen molar-refractivity contribution in [1.82, 2.24) is 15.0 Å². The zero-order valence-corrected chi connectivity index (χ0v) is 32.4. The van der Waals surface area contributed by atoms with Crippen LogP contribution in [0.15, 0.2) is 206 Å². The van der Waals surface area contributed by atoms with Crippen molar-refractivity contribution in [2.75, 3.05) is 0 Å². The lowest BCUT2D eigenvalue weighted by molar-refractivity contribution is 1.07. The molecule has 1 aliphatic rings. The first-order valence-electron chi connectivity index (χ1n) is 20.1. The van der Waals surface area contributed by atoms with Crippen LogP contribution in [0.25, 0.3) is 112 Å². The van der Waals surface area contributed by atoms with E-state index in [9.17, 15) is 5.26 Å². The largest absolute Gasteiger partial charge is 0.208 e. The normalized spacial score (nSPS) is 11.3. The van der Waals surface area contributed by atoms with Crippen LogP contribution in [0.5, 0.6) is 0 Å². The van der Waals surface area contributed by atoms with Crippen LogP contribution in [-0.4, -0.2) is 15.0 Å². The maximum Gasteiger partial charge on any atom is 0.164 e. The second-order valence-electron chi connectivity index (χ2n) is 15.1. The molecule has 278 valence electrons. The van der Waals surface area contributed by atoms with Gasteiger partial charge in [0, 0.05) is 16.7 Å². The zero-order chi connectivity index (χ0) is 40.0. The number of nitrogens with zero attached hydrogens (tertiary/aromatic N) is 4. The Bertz CT molecular complexity index is 3130. The van der Waals surface area contributed by atoms with Gasteiger partial charge in [-0.2, -0.15) is 5.26 Å². The molecule has 60 heavy (non-hydrogen) atoms. The van der Waals surface area contributed by atoms with Crippen molar-refractivity contribution >= 4 is 10.8 Å². The Morgan fingerprint density at radius 3 is 0.950 bits per heavy atom. The molecule has 0 spiro atoms. The zero-order valence-electron chi connectivity index (χ0n) is 32.4. The fourth-order valence-corrected chi connectivity index (χ4v) is 8.55. The molecule has 4 nitrogen and oxygen atoms in total. The predicted octanol–water partition coefficient (Wildman–Crippen LogP) is 14.2. The minimum Gasteiger partial charge on any atom is -0.208 e. The molecule has 4 heteroatoms. The molecule has 11 rings (SSSR count). The second-order valence-corrected chi connectivity index (χ2v) is 15.1. The quantitative estimate of drug-likeness (QED) is 0.162. The van der Waals surface area contributed by atoms with Crippen LogP contribution in [0.4, 0.5) is 0 Å². The highest BCUT2D eigenvalue weighted by Crippen LogP contribution is 2.52. The number of benzene rings is 9. The van der Waals surface area contributed by atoms with Crippen LogP contribution in [0.3, 0.4) is 0 Å². The second kappa shape index (κ2) is 14.6. The van der Waals surface area contributed by atoms with E-state index in [2.05, 4.69) is 188 Å². The smallest absolute Gasteiger partial charge is 0.164 e. The van der Waals surface area contributed by atoms with Gasteiger partial charge in [-0.15, -0.1) is 0 Å². The summed E-state index contributed by atoms with van der Waals surface area (Å²) in [7, 11) is 0. The van der Waals surface area contributed by atoms with Crippen molar-refractivity contribution in [2.24, 2.45) is 0 Å². The Morgan fingerprint density at radius 1 is 0.250 bits per heavy atom. The summed E-state index contributed by atoms with van der Waals surface area (Å²) < 4.78 is 0. The standard InChI is InChI=1S/C56H34N4/c57-35-36-15-17-41(18-16-36)46-31-33-50-48-13-7-8-14-49(48)51-34-32-47(52(46)53(50)51)42-23-29-45(30-24-42)56-59-54(43-25-19-39(20-26-43)37-9-3-1-4-10-37)58-55(60-56)44-27-21-40(22-28-44)38-11-5-2-6-12-38/h1-34H. The lowest BCUT2D eigenvalue weighted by atomic mass is 9.88. The van der Waals surface area contributed by atoms with Gasteiger partial charge in [-0.3, -0.25) is 0 Å². The van der Waals surface area contributed by atoms with E-state index in [1.54, 1.807) is 0 Å². The maximum atomic E-state index is 9.53. The van der Waals surface area contributed by atoms with E-state index < -0.39 is 0 Å². The molecule has 10 aromatic rings. The van der Waals surface area contributed by atoms with E-state index in [0.29, 0.717) is 23.0 Å². The van der Waals surface area contributed by atoms with E-state index in [-0.39, 0.29) is 0 Å². The van der Waals surface area contributed by atoms with Crippen LogP contribution >= 0.6 is 0 Å². The first-order chi connectivity index (χ1) is 29.7. The van der Waals surface area contributed by atoms with Crippen LogP contribution in [0, 0.1) is 11.3 Å². The Hall–Kier alpha value is -8.26. The first kappa shape index (κ1) is 34.9. The Balaban J connectivity index is 1.02. The lowest BCUT2D eigenvalue weighted by Gasteiger charge is -2.15. The number of hydrogen-bond acceptors (Lipinski definition) is 4. The third-order valence-electron chi connectivity index (χ3n) is 11.6. The topological polar surface area (TPSA) is 62.5 Å². The van der Waals surface area contributed by atoms with Crippen molar-refractivity contribution < 1.29 is 0 Å². The molecular formula is C56H34N4. The number of aromatic nitrogens is 3. The van der Waals surface area contributed by atoms with Crippen molar-refractivity contribution in [1.29, 1.82) is 5.26 Å². The molecule has 0 radical (unpaired) electrons. The highest BCUT2D eigenvalue weighted by molar-refractivity contribution is 6.22. The van der Waals surface area contributed by atoms with Gasteiger partial charge in [-0.25, -0.2) is 15.0 Å². The molecule has 1 aromatic heterocycles. The molecule has 0 saturated heterocycles. The van der Waals surface area contributed by atoms with E-state index in [1.165, 1.54) is 33.0 Å². The number of fused-ring (bicyclic) bond motifs is 3. The maximum absolute atomic E-state index is 9.53. The van der Waals surface area contributed by atoms with Crippen molar-refractivity contribution in [2.45, 2.75) is 0 Å². The van der Waals surface area contributed by atoms with Gasteiger partial charge in [0.25, 0.3) is 0 Å². The van der Waals surface area contributed by atoms with Crippen LogP contribution in [-0.2, 0) is 0 Å². The number of nitriles is 1. The third kappa shape index (κ3) is 6.14. The van der Waals surface area contributed by atoms with E-state index in [0.717, 1.165) is 61.2 Å². The summed E-state index contributed by atoms with van der Waals surface area (Å²) >= 11 is 0. The number of rotatable bonds is 7. The molecule has 0 bridgehead atoms. The average Bonchev–Trinajstić information content (AvgIpc) is 3.66. The van der Waals surface area contributed by atoms with Crippen molar-refractivity contribution in [3.63, 3.8) is 0 Å². The summed E-state index contributed by atoms with van der Waals surface area (Å²) in [4.78, 5) is 15.2. The highest BCUT2D eigenvalue weighted by atomic mass is 15.0. The van der Waals surface area contributed by atoms with Crippen LogP contribution in [0.2, 0.25) is 0 Å². The van der Waals surface area contributed by atoms with Gasteiger partial charge >= 0.3 is 0 Å². The molecular weight excluding hydrogens is 729 g/mol. The summed E-state index contributed by atoms with van der Waals surface area (Å²) in [6.07, 6.45) is 0. The summed E-state index contributed by atoms with van der Waals surface area (Å²) in [5.74, 6) is 1.84. The lowest BCUT2D eigenvalue weighted by Crippen LogP contribution is -2.00. The average molecular weight is 763 g/mol. The van der Waals surface area contributed by atoms with Gasteiger partial charge in [0.15, 0.2) is 17.5 Å². The monoisotopic (exact) mass is 762 g/mol. The molecule has 0 N–H and O–H groups in total. The van der Waals surface area contributed by atoms with Crippen LogP contribution in [0.1, 0.15) is 5.56 Å². The molecule has 0 amide bonds. The Morgan fingerprint density at radius 2 is 0.550 bits per heavy atom. The van der Waals surface area contributed by atoms with Gasteiger partial charge in [-0.05, 0) is 89.7 Å². The highest BCUT2D eigenvalue weighted by Gasteiger charge is 2.25. The first-order valence-corrected chi connectivity index (χ1v) is 20.1. The summed E-state index contributed by atoms with van der Waals surface area (Å²) in [5, 5.41) is 12.0. The van der Waals surface area contributed by atoms with Gasteiger partial charge < -0.3 is 0 Å². The predicted molar refractivity (Wildman–Crippen MR) is 245 cm³/mol. The Labute approximate surface area is 348 Å². The van der Waals surface area contributed by atoms with Gasteiger partial charge in [0.05, 0.1) is 11.6 Å². The fourth-order valence-electron chi connectivity index (χ4n) is 8.55.